The predicted octanol–water partition coefficient (Wildman–Crippen LogP) is 0.893. The molecule has 68 valence electrons. The second kappa shape index (κ2) is 3.40. The maximum Gasteiger partial charge on any atom is 0.406 e. The average Bonchev–Trinajstić information content (AvgIpc) is 1.82. The topological polar surface area (TPSA) is 46.2 Å². The molecule has 0 aliphatic heterocycles. The van der Waals surface area contributed by atoms with E-state index in [4.69, 9.17) is 10.8 Å². The standard InChI is InChI=1S/C6H12F3NO/c1-3(2)4(11)5(10)6(7,8)9/h3-5,11H,10H2,1-2H3. The lowest BCUT2D eigenvalue weighted by molar-refractivity contribution is -0.173. The van der Waals surface area contributed by atoms with E-state index in [0.29, 0.717) is 0 Å². The summed E-state index contributed by atoms with van der Waals surface area (Å²) in [5.41, 5.74) is 4.72. The van der Waals surface area contributed by atoms with E-state index in [1.165, 1.54) is 13.8 Å². The van der Waals surface area contributed by atoms with Crippen molar-refractivity contribution in [3.05, 3.63) is 0 Å². The lowest BCUT2D eigenvalue weighted by Gasteiger charge is -2.23. The third-order valence-electron chi connectivity index (χ3n) is 1.43. The molecule has 0 fully saturated rings. The van der Waals surface area contributed by atoms with Gasteiger partial charge >= 0.3 is 6.18 Å². The van der Waals surface area contributed by atoms with Crippen molar-refractivity contribution in [2.45, 2.75) is 32.2 Å². The Morgan fingerprint density at radius 3 is 1.73 bits per heavy atom. The first-order chi connectivity index (χ1) is 4.76. The number of halogens is 3. The Bertz CT molecular complexity index is 123. The summed E-state index contributed by atoms with van der Waals surface area (Å²) in [6.07, 6.45) is -6.03. The van der Waals surface area contributed by atoms with Gasteiger partial charge in [0, 0.05) is 0 Å². The van der Waals surface area contributed by atoms with Gasteiger partial charge in [-0.3, -0.25) is 0 Å². The van der Waals surface area contributed by atoms with Crippen LogP contribution in [0.25, 0.3) is 0 Å². The molecule has 2 atom stereocenters. The molecule has 0 aliphatic rings. The second-order valence-corrected chi connectivity index (χ2v) is 2.80. The van der Waals surface area contributed by atoms with Crippen molar-refractivity contribution in [1.29, 1.82) is 0 Å². The highest BCUT2D eigenvalue weighted by Crippen LogP contribution is 2.23. The van der Waals surface area contributed by atoms with Gasteiger partial charge in [-0.25, -0.2) is 0 Å². The molecule has 2 unspecified atom stereocenters. The maximum atomic E-state index is 11.8. The summed E-state index contributed by atoms with van der Waals surface area (Å²) in [5.74, 6) is -0.480. The van der Waals surface area contributed by atoms with E-state index in [-0.39, 0.29) is 0 Å². The fraction of sp³-hybridized carbons (Fsp3) is 1.00. The van der Waals surface area contributed by atoms with E-state index in [0.717, 1.165) is 0 Å². The highest BCUT2D eigenvalue weighted by atomic mass is 19.4. The molecule has 0 bridgehead atoms. The van der Waals surface area contributed by atoms with E-state index in [9.17, 15) is 13.2 Å². The zero-order chi connectivity index (χ0) is 9.23. The number of aliphatic hydroxyl groups excluding tert-OH is 1. The molecule has 5 heteroatoms. The van der Waals surface area contributed by atoms with Gasteiger partial charge < -0.3 is 10.8 Å². The predicted molar refractivity (Wildman–Crippen MR) is 34.9 cm³/mol. The van der Waals surface area contributed by atoms with E-state index in [2.05, 4.69) is 0 Å². The summed E-state index contributed by atoms with van der Waals surface area (Å²) >= 11 is 0. The van der Waals surface area contributed by atoms with Crippen LogP contribution in [0.1, 0.15) is 13.8 Å². The van der Waals surface area contributed by atoms with Crippen LogP contribution >= 0.6 is 0 Å². The van der Waals surface area contributed by atoms with Crippen LogP contribution in [-0.4, -0.2) is 23.4 Å². The Kier molecular flexibility index (Phi) is 3.31. The first-order valence-corrected chi connectivity index (χ1v) is 3.27. The quantitative estimate of drug-likeness (QED) is 0.648. The molecule has 0 rings (SSSR count). The summed E-state index contributed by atoms with van der Waals surface area (Å²) in [4.78, 5) is 0. The Balaban J connectivity index is 4.13. The Morgan fingerprint density at radius 1 is 1.27 bits per heavy atom. The van der Waals surface area contributed by atoms with Crippen LogP contribution in [-0.2, 0) is 0 Å². The van der Waals surface area contributed by atoms with E-state index in [1.807, 2.05) is 0 Å². The van der Waals surface area contributed by atoms with Gasteiger partial charge in [-0.1, -0.05) is 13.8 Å². The number of hydrogen-bond acceptors (Lipinski definition) is 2. The van der Waals surface area contributed by atoms with E-state index in [1.54, 1.807) is 0 Å². The molecule has 0 radical (unpaired) electrons. The molecule has 0 saturated carbocycles. The molecule has 3 N–H and O–H groups in total. The van der Waals surface area contributed by atoms with Crippen molar-refractivity contribution >= 4 is 0 Å². The van der Waals surface area contributed by atoms with Crippen LogP contribution in [0, 0.1) is 5.92 Å². The van der Waals surface area contributed by atoms with Crippen molar-refractivity contribution in [2.24, 2.45) is 11.7 Å². The summed E-state index contributed by atoms with van der Waals surface area (Å²) in [6.45, 7) is 2.96. The molecule has 0 amide bonds. The van der Waals surface area contributed by atoms with Gasteiger partial charge in [-0.2, -0.15) is 13.2 Å². The molecular weight excluding hydrogens is 159 g/mol. The fourth-order valence-electron chi connectivity index (χ4n) is 0.608. The minimum Gasteiger partial charge on any atom is -0.391 e. The van der Waals surface area contributed by atoms with Crippen molar-refractivity contribution in [3.8, 4) is 0 Å². The van der Waals surface area contributed by atoms with Gasteiger partial charge in [-0.05, 0) is 5.92 Å². The highest BCUT2D eigenvalue weighted by molar-refractivity contribution is 4.80. The Labute approximate surface area is 63.2 Å². The van der Waals surface area contributed by atoms with Crippen LogP contribution in [0.4, 0.5) is 13.2 Å². The van der Waals surface area contributed by atoms with Gasteiger partial charge in [0.15, 0.2) is 0 Å². The van der Waals surface area contributed by atoms with Crippen LogP contribution in [0.2, 0.25) is 0 Å². The average molecular weight is 171 g/mol. The number of alkyl halides is 3. The van der Waals surface area contributed by atoms with Gasteiger partial charge in [0.2, 0.25) is 0 Å². The molecule has 11 heavy (non-hydrogen) atoms. The van der Waals surface area contributed by atoms with Gasteiger partial charge in [-0.15, -0.1) is 0 Å². The fourth-order valence-corrected chi connectivity index (χ4v) is 0.608. The smallest absolute Gasteiger partial charge is 0.391 e. The summed E-state index contributed by atoms with van der Waals surface area (Å²) in [7, 11) is 0. The maximum absolute atomic E-state index is 11.8. The van der Waals surface area contributed by atoms with Gasteiger partial charge in [0.25, 0.3) is 0 Å². The zero-order valence-electron chi connectivity index (χ0n) is 6.39. The zero-order valence-corrected chi connectivity index (χ0v) is 6.39. The minimum absolute atomic E-state index is 0.480. The third-order valence-corrected chi connectivity index (χ3v) is 1.43. The molecule has 0 aliphatic carbocycles. The molecule has 0 aromatic rings. The first kappa shape index (κ1) is 10.7. The Morgan fingerprint density at radius 2 is 1.64 bits per heavy atom. The van der Waals surface area contributed by atoms with Crippen molar-refractivity contribution < 1.29 is 18.3 Å². The van der Waals surface area contributed by atoms with Gasteiger partial charge in [0.05, 0.1) is 6.10 Å². The van der Waals surface area contributed by atoms with Crippen LogP contribution in [0.3, 0.4) is 0 Å². The second-order valence-electron chi connectivity index (χ2n) is 2.80. The third kappa shape index (κ3) is 3.07. The molecule has 0 aromatic heterocycles. The monoisotopic (exact) mass is 171 g/mol. The summed E-state index contributed by atoms with van der Waals surface area (Å²) < 4.78 is 35.3. The number of rotatable bonds is 2. The van der Waals surface area contributed by atoms with Crippen molar-refractivity contribution in [1.82, 2.24) is 0 Å². The summed E-state index contributed by atoms with van der Waals surface area (Å²) in [5, 5.41) is 8.89. The molecule has 0 saturated heterocycles. The molecular formula is C6H12F3NO. The van der Waals surface area contributed by atoms with Gasteiger partial charge in [0.1, 0.15) is 6.04 Å². The lowest BCUT2D eigenvalue weighted by atomic mass is 10.0. The number of nitrogens with two attached hydrogens (primary N) is 1. The van der Waals surface area contributed by atoms with Crippen LogP contribution in [0.15, 0.2) is 0 Å². The van der Waals surface area contributed by atoms with Crippen molar-refractivity contribution in [3.63, 3.8) is 0 Å². The first-order valence-electron chi connectivity index (χ1n) is 3.27. The van der Waals surface area contributed by atoms with Crippen LogP contribution in [0.5, 0.6) is 0 Å². The van der Waals surface area contributed by atoms with Crippen LogP contribution < -0.4 is 5.73 Å². The lowest BCUT2D eigenvalue weighted by Crippen LogP contribution is -2.49. The SMILES string of the molecule is CC(C)C(O)C(N)C(F)(F)F. The highest BCUT2D eigenvalue weighted by Gasteiger charge is 2.42. The van der Waals surface area contributed by atoms with E-state index < -0.39 is 24.2 Å². The van der Waals surface area contributed by atoms with Crippen molar-refractivity contribution in [2.75, 3.05) is 0 Å². The normalized spacial score (nSPS) is 18.5. The Hall–Kier alpha value is -0.290. The molecule has 0 aromatic carbocycles. The van der Waals surface area contributed by atoms with E-state index >= 15 is 0 Å². The number of aliphatic hydroxyl groups is 1. The molecule has 0 spiro atoms. The summed E-state index contributed by atoms with van der Waals surface area (Å²) in [6, 6.07) is -2.14. The largest absolute Gasteiger partial charge is 0.406 e. The number of hydrogen-bond donors (Lipinski definition) is 2. The molecule has 2 nitrogen and oxygen atoms in total. The minimum atomic E-state index is -4.51. The molecule has 0 heterocycles.